The molecule has 0 radical (unpaired) electrons. The Balaban J connectivity index is 3.42. The summed E-state index contributed by atoms with van der Waals surface area (Å²) in [6.45, 7) is 20.3. The summed E-state index contributed by atoms with van der Waals surface area (Å²) >= 11 is 0. The maximum atomic E-state index is 14.2. The number of carbonyl (C=O) groups excluding carboxylic acids is 8. The summed E-state index contributed by atoms with van der Waals surface area (Å²) in [6.07, 6.45) is 2.08. The van der Waals surface area contributed by atoms with Gasteiger partial charge in [0.1, 0.15) is 48.3 Å². The minimum Gasteiger partial charge on any atom is -0.480 e. The monoisotopic (exact) mass is 988 g/mol. The predicted octanol–water partition coefficient (Wildman–Crippen LogP) is 1.42. The smallest absolute Gasteiger partial charge is 0.326 e. The van der Waals surface area contributed by atoms with E-state index in [4.69, 9.17) is 5.73 Å². The summed E-state index contributed by atoms with van der Waals surface area (Å²) in [5.41, 5.74) is 6.16. The standard InChI is InChI=1S/C50H85N9O11/c1-13-29(9)39(46(65)53-35(24-33-20-18-17-19-21-33)43(62)54-36(50(69)70)23-28(7)8)57-45(64)37(26-60)55-47(66)40(30(10)14-2)58-49(68)42(32(12)16-4)59-48(67)41(31(11)15-3)56-44(63)34(22-27(5)6)52-38(61)25-51/h17-21,27-32,34-37,39-42,60H,13-16,22-26,51H2,1-12H3,(H,52,61)(H,53,65)(H,54,62)(H,55,66)(H,56,63)(H,57,64)(H,58,68)(H,59,67)(H,69,70)/t29-,30-,31-,32-,34-,35-,36-,37-,39-,40-,41-,42-/m0/s1. The summed E-state index contributed by atoms with van der Waals surface area (Å²) < 4.78 is 0. The lowest BCUT2D eigenvalue weighted by molar-refractivity contribution is -0.143. The Morgan fingerprint density at radius 2 is 0.786 bits per heavy atom. The maximum absolute atomic E-state index is 14.2. The quantitative estimate of drug-likeness (QED) is 0.0489. The van der Waals surface area contributed by atoms with Crippen LogP contribution in [-0.4, -0.2) is 125 Å². The third-order valence-electron chi connectivity index (χ3n) is 12.8. The van der Waals surface area contributed by atoms with E-state index in [9.17, 15) is 53.4 Å². The number of aliphatic hydroxyl groups is 1. The molecule has 12 N–H and O–H groups in total. The molecule has 20 heteroatoms. The highest BCUT2D eigenvalue weighted by Gasteiger charge is 2.38. The highest BCUT2D eigenvalue weighted by Crippen LogP contribution is 2.17. The van der Waals surface area contributed by atoms with Gasteiger partial charge in [0, 0.05) is 6.42 Å². The first-order chi connectivity index (χ1) is 32.9. The number of carbonyl (C=O) groups is 9. The van der Waals surface area contributed by atoms with Gasteiger partial charge in [0.15, 0.2) is 0 Å². The number of aliphatic hydroxyl groups excluding tert-OH is 1. The molecule has 20 nitrogen and oxygen atoms in total. The van der Waals surface area contributed by atoms with Crippen molar-refractivity contribution in [2.45, 2.75) is 176 Å². The summed E-state index contributed by atoms with van der Waals surface area (Å²) in [5.74, 6) is -8.96. The summed E-state index contributed by atoms with van der Waals surface area (Å²) in [4.78, 5) is 122. The molecular formula is C50H85N9O11. The molecule has 1 aromatic carbocycles. The van der Waals surface area contributed by atoms with Gasteiger partial charge in [0.2, 0.25) is 47.3 Å². The van der Waals surface area contributed by atoms with Crippen molar-refractivity contribution in [1.82, 2.24) is 42.5 Å². The van der Waals surface area contributed by atoms with Crippen molar-refractivity contribution in [3.8, 4) is 0 Å². The third kappa shape index (κ3) is 20.8. The fraction of sp³-hybridized carbons (Fsp3) is 0.700. The summed E-state index contributed by atoms with van der Waals surface area (Å²) in [6, 6.07) is -1.10. The van der Waals surface area contributed by atoms with Crippen molar-refractivity contribution in [2.24, 2.45) is 41.2 Å². The molecule has 396 valence electrons. The zero-order valence-corrected chi connectivity index (χ0v) is 43.5. The number of nitrogens with two attached hydrogens (primary N) is 1. The van der Waals surface area contributed by atoms with Crippen LogP contribution in [0.4, 0.5) is 0 Å². The van der Waals surface area contributed by atoms with E-state index in [1.54, 1.807) is 71.9 Å². The van der Waals surface area contributed by atoms with Crippen molar-refractivity contribution in [2.75, 3.05) is 13.2 Å². The number of rotatable bonds is 32. The highest BCUT2D eigenvalue weighted by molar-refractivity contribution is 5.98. The van der Waals surface area contributed by atoms with Gasteiger partial charge in [-0.2, -0.15) is 0 Å². The second-order valence-corrected chi connectivity index (χ2v) is 19.5. The molecular weight excluding hydrogens is 903 g/mol. The van der Waals surface area contributed by atoms with Gasteiger partial charge < -0.3 is 58.5 Å². The maximum Gasteiger partial charge on any atom is 0.326 e. The van der Waals surface area contributed by atoms with Crippen LogP contribution < -0.4 is 48.3 Å². The number of carboxylic acids is 1. The predicted molar refractivity (Wildman–Crippen MR) is 266 cm³/mol. The molecule has 0 fully saturated rings. The number of hydrogen-bond donors (Lipinski definition) is 11. The highest BCUT2D eigenvalue weighted by atomic mass is 16.4. The van der Waals surface area contributed by atoms with Crippen molar-refractivity contribution >= 4 is 53.2 Å². The lowest BCUT2D eigenvalue weighted by Gasteiger charge is -2.32. The Morgan fingerprint density at radius 1 is 0.457 bits per heavy atom. The van der Waals surface area contributed by atoms with Crippen LogP contribution in [0, 0.1) is 35.5 Å². The number of amides is 8. The van der Waals surface area contributed by atoms with Crippen molar-refractivity contribution in [3.63, 3.8) is 0 Å². The molecule has 1 rings (SSSR count). The fourth-order valence-corrected chi connectivity index (χ4v) is 7.50. The average molecular weight is 988 g/mol. The van der Waals surface area contributed by atoms with Crippen LogP contribution in [0.2, 0.25) is 0 Å². The molecule has 0 spiro atoms. The van der Waals surface area contributed by atoms with Crippen LogP contribution >= 0.6 is 0 Å². The van der Waals surface area contributed by atoms with Gasteiger partial charge in [0.25, 0.3) is 0 Å². The van der Waals surface area contributed by atoms with E-state index >= 15 is 0 Å². The first-order valence-corrected chi connectivity index (χ1v) is 24.9. The second kappa shape index (κ2) is 31.6. The van der Waals surface area contributed by atoms with E-state index in [1.807, 2.05) is 41.5 Å². The SMILES string of the molecule is CC[C@H](C)[C@H](NC(=O)[C@H](CO)NC(=O)[C@@H](NC(=O)[C@@H](NC(=O)[C@@H](NC(=O)[C@H](CC(C)C)NC(=O)CN)[C@@H](C)CC)[C@@H](C)CC)[C@@H](C)CC)C(=O)N[C@@H](Cc1ccccc1)C(=O)N[C@@H](CC(C)C)C(=O)O. The second-order valence-electron chi connectivity index (χ2n) is 19.5. The van der Waals surface area contributed by atoms with Crippen molar-refractivity contribution < 1.29 is 53.4 Å². The molecule has 0 aliphatic rings. The lowest BCUT2D eigenvalue weighted by Crippen LogP contribution is -2.63. The van der Waals surface area contributed by atoms with E-state index in [0.717, 1.165) is 0 Å². The van der Waals surface area contributed by atoms with Gasteiger partial charge in [-0.15, -0.1) is 0 Å². The van der Waals surface area contributed by atoms with E-state index in [-0.39, 0.29) is 37.6 Å². The van der Waals surface area contributed by atoms with E-state index in [0.29, 0.717) is 31.2 Å². The topological polar surface area (TPSA) is 316 Å². The molecule has 12 atom stereocenters. The van der Waals surface area contributed by atoms with Gasteiger partial charge in [-0.3, -0.25) is 38.4 Å². The minimum absolute atomic E-state index is 0.00238. The largest absolute Gasteiger partial charge is 0.480 e. The fourth-order valence-electron chi connectivity index (χ4n) is 7.50. The molecule has 0 heterocycles. The van der Waals surface area contributed by atoms with Crippen LogP contribution in [-0.2, 0) is 49.6 Å². The molecule has 1 aromatic rings. The van der Waals surface area contributed by atoms with Crippen LogP contribution in [0.15, 0.2) is 30.3 Å². The van der Waals surface area contributed by atoms with Crippen LogP contribution in [0.5, 0.6) is 0 Å². The van der Waals surface area contributed by atoms with Crippen molar-refractivity contribution in [1.29, 1.82) is 0 Å². The van der Waals surface area contributed by atoms with Gasteiger partial charge in [-0.05, 0) is 53.9 Å². The van der Waals surface area contributed by atoms with Crippen LogP contribution in [0.25, 0.3) is 0 Å². The minimum atomic E-state index is -1.61. The molecule has 0 unspecified atom stereocenters. The zero-order valence-electron chi connectivity index (χ0n) is 43.5. The van der Waals surface area contributed by atoms with Gasteiger partial charge in [-0.1, -0.05) is 139 Å². The normalized spacial score (nSPS) is 16.5. The Kier molecular flexibility index (Phi) is 28.1. The Bertz CT molecular complexity index is 1870. The van der Waals surface area contributed by atoms with Gasteiger partial charge >= 0.3 is 5.97 Å². The molecule has 8 amide bonds. The first-order valence-electron chi connectivity index (χ1n) is 24.9. The van der Waals surface area contributed by atoms with Gasteiger partial charge in [-0.25, -0.2) is 4.79 Å². The van der Waals surface area contributed by atoms with E-state index in [1.165, 1.54) is 0 Å². The number of carboxylic acid groups (broad SMARTS) is 1. The average Bonchev–Trinajstić information content (AvgIpc) is 3.32. The van der Waals surface area contributed by atoms with Crippen LogP contribution in [0.1, 0.15) is 127 Å². The summed E-state index contributed by atoms with van der Waals surface area (Å²) in [7, 11) is 0. The van der Waals surface area contributed by atoms with Gasteiger partial charge in [0.05, 0.1) is 13.2 Å². The van der Waals surface area contributed by atoms with Crippen LogP contribution in [0.3, 0.4) is 0 Å². The molecule has 70 heavy (non-hydrogen) atoms. The Morgan fingerprint density at radius 3 is 1.14 bits per heavy atom. The number of benzene rings is 1. The lowest BCUT2D eigenvalue weighted by atomic mass is 9.93. The number of aliphatic carboxylic acids is 1. The first kappa shape index (κ1) is 62.4. The molecule has 0 aliphatic heterocycles. The molecule has 0 saturated carbocycles. The van der Waals surface area contributed by atoms with E-state index in [2.05, 4.69) is 42.5 Å². The summed E-state index contributed by atoms with van der Waals surface area (Å²) in [5, 5.41) is 41.6. The Labute approximate surface area is 414 Å². The molecule has 0 bridgehead atoms. The molecule has 0 aromatic heterocycles. The molecule has 0 aliphatic carbocycles. The Hall–Kier alpha value is -5.63. The number of hydrogen-bond acceptors (Lipinski definition) is 11. The third-order valence-corrected chi connectivity index (χ3v) is 12.8. The number of nitrogens with one attached hydrogen (secondary N) is 8. The zero-order chi connectivity index (χ0) is 53.4. The van der Waals surface area contributed by atoms with E-state index < -0.39 is 132 Å². The molecule has 0 saturated heterocycles. The van der Waals surface area contributed by atoms with Crippen molar-refractivity contribution in [3.05, 3.63) is 35.9 Å².